The Morgan fingerprint density at radius 1 is 1.10 bits per heavy atom. The van der Waals surface area contributed by atoms with Crippen LogP contribution < -0.4 is 10.6 Å². The van der Waals surface area contributed by atoms with Crippen molar-refractivity contribution in [1.82, 2.24) is 15.5 Å². The highest BCUT2D eigenvalue weighted by atomic mass is 35.5. The van der Waals surface area contributed by atoms with Gasteiger partial charge < -0.3 is 15.5 Å². The van der Waals surface area contributed by atoms with Crippen LogP contribution in [0.5, 0.6) is 0 Å². The molecule has 1 aliphatic rings. The van der Waals surface area contributed by atoms with E-state index < -0.39 is 6.04 Å². The van der Waals surface area contributed by atoms with Gasteiger partial charge in [-0.3, -0.25) is 14.4 Å². The predicted octanol–water partition coefficient (Wildman–Crippen LogP) is 3.64. The standard InChI is InChI=1S/C23H34ClN3O3/c1-5-16(4)25-23(30)21(26-22(29)18-8-6-7-9-19(18)24)17-10-12-27(13-11-17)20(28)14-15(2)3/h6-9,15-17,21H,5,10-14H2,1-4H3,(H,25,30)(H,26,29)/t16-,21+/m0/s1. The topological polar surface area (TPSA) is 78.5 Å². The highest BCUT2D eigenvalue weighted by Gasteiger charge is 2.34. The van der Waals surface area contributed by atoms with Gasteiger partial charge >= 0.3 is 0 Å². The second-order valence-corrected chi connectivity index (χ2v) is 8.97. The second kappa shape index (κ2) is 11.3. The van der Waals surface area contributed by atoms with Crippen molar-refractivity contribution < 1.29 is 14.4 Å². The van der Waals surface area contributed by atoms with Crippen LogP contribution in [0, 0.1) is 11.8 Å². The van der Waals surface area contributed by atoms with Crippen LogP contribution in [-0.2, 0) is 9.59 Å². The van der Waals surface area contributed by atoms with Gasteiger partial charge in [-0.15, -0.1) is 0 Å². The molecule has 30 heavy (non-hydrogen) atoms. The normalized spacial score (nSPS) is 16.8. The van der Waals surface area contributed by atoms with Crippen molar-refractivity contribution in [1.29, 1.82) is 0 Å². The minimum Gasteiger partial charge on any atom is -0.352 e. The zero-order chi connectivity index (χ0) is 22.3. The van der Waals surface area contributed by atoms with Crippen LogP contribution in [0.1, 0.15) is 63.7 Å². The number of carbonyl (C=O) groups excluding carboxylic acids is 3. The lowest BCUT2D eigenvalue weighted by Gasteiger charge is -2.36. The number of rotatable bonds is 8. The van der Waals surface area contributed by atoms with Gasteiger partial charge in [-0.25, -0.2) is 0 Å². The molecular formula is C23H34ClN3O3. The summed E-state index contributed by atoms with van der Waals surface area (Å²) >= 11 is 6.16. The van der Waals surface area contributed by atoms with E-state index in [9.17, 15) is 14.4 Å². The Balaban J connectivity index is 2.10. The molecule has 166 valence electrons. The average molecular weight is 436 g/mol. The van der Waals surface area contributed by atoms with Crippen LogP contribution >= 0.6 is 11.6 Å². The smallest absolute Gasteiger partial charge is 0.253 e. The Morgan fingerprint density at radius 2 is 1.73 bits per heavy atom. The molecule has 0 unspecified atom stereocenters. The van der Waals surface area contributed by atoms with Crippen molar-refractivity contribution in [3.8, 4) is 0 Å². The molecule has 7 heteroatoms. The summed E-state index contributed by atoms with van der Waals surface area (Å²) in [6, 6.07) is 6.16. The Hall–Kier alpha value is -2.08. The summed E-state index contributed by atoms with van der Waals surface area (Å²) in [5.41, 5.74) is 0.352. The number of hydrogen-bond donors (Lipinski definition) is 2. The largest absolute Gasteiger partial charge is 0.352 e. The van der Waals surface area contributed by atoms with Gasteiger partial charge in [-0.1, -0.05) is 44.5 Å². The number of nitrogens with one attached hydrogen (secondary N) is 2. The molecule has 1 aromatic carbocycles. The van der Waals surface area contributed by atoms with E-state index in [1.54, 1.807) is 24.3 Å². The number of piperidine rings is 1. The Morgan fingerprint density at radius 3 is 2.30 bits per heavy atom. The van der Waals surface area contributed by atoms with Gasteiger partial charge in [0, 0.05) is 25.6 Å². The Bertz CT molecular complexity index is 745. The summed E-state index contributed by atoms with van der Waals surface area (Å²) in [7, 11) is 0. The molecule has 1 heterocycles. The fourth-order valence-corrected chi connectivity index (χ4v) is 3.88. The van der Waals surface area contributed by atoms with Gasteiger partial charge in [0.2, 0.25) is 11.8 Å². The molecule has 0 bridgehead atoms. The van der Waals surface area contributed by atoms with Gasteiger partial charge in [-0.2, -0.15) is 0 Å². The molecule has 2 atom stereocenters. The van der Waals surface area contributed by atoms with E-state index in [1.807, 2.05) is 32.6 Å². The quantitative estimate of drug-likeness (QED) is 0.654. The third-order valence-electron chi connectivity index (χ3n) is 5.64. The highest BCUT2D eigenvalue weighted by Crippen LogP contribution is 2.23. The van der Waals surface area contributed by atoms with Crippen LogP contribution in [0.4, 0.5) is 0 Å². The number of likely N-dealkylation sites (tertiary alicyclic amines) is 1. The summed E-state index contributed by atoms with van der Waals surface area (Å²) in [4.78, 5) is 40.1. The predicted molar refractivity (Wildman–Crippen MR) is 119 cm³/mol. The van der Waals surface area contributed by atoms with Crippen LogP contribution in [0.25, 0.3) is 0 Å². The molecule has 3 amide bonds. The number of amides is 3. The highest BCUT2D eigenvalue weighted by molar-refractivity contribution is 6.33. The van der Waals surface area contributed by atoms with Crippen molar-refractivity contribution in [3.63, 3.8) is 0 Å². The first kappa shape index (κ1) is 24.2. The third kappa shape index (κ3) is 6.73. The van der Waals surface area contributed by atoms with Crippen molar-refractivity contribution in [3.05, 3.63) is 34.9 Å². The first-order valence-electron chi connectivity index (χ1n) is 10.9. The van der Waals surface area contributed by atoms with E-state index in [2.05, 4.69) is 10.6 Å². The average Bonchev–Trinajstić information content (AvgIpc) is 2.71. The summed E-state index contributed by atoms with van der Waals surface area (Å²) < 4.78 is 0. The third-order valence-corrected chi connectivity index (χ3v) is 5.96. The maximum atomic E-state index is 13.0. The van der Waals surface area contributed by atoms with Crippen LogP contribution in [-0.4, -0.2) is 47.8 Å². The first-order valence-corrected chi connectivity index (χ1v) is 11.2. The lowest BCUT2D eigenvalue weighted by Crippen LogP contribution is -2.55. The molecule has 1 saturated heterocycles. The molecule has 2 rings (SSSR count). The van der Waals surface area contributed by atoms with E-state index in [0.717, 1.165) is 6.42 Å². The maximum Gasteiger partial charge on any atom is 0.253 e. The van der Waals surface area contributed by atoms with Crippen molar-refractivity contribution in [2.75, 3.05) is 13.1 Å². The molecule has 0 saturated carbocycles. The fourth-order valence-electron chi connectivity index (χ4n) is 3.66. The molecular weight excluding hydrogens is 402 g/mol. The molecule has 1 fully saturated rings. The monoisotopic (exact) mass is 435 g/mol. The summed E-state index contributed by atoms with van der Waals surface area (Å²) in [5.74, 6) is -0.105. The second-order valence-electron chi connectivity index (χ2n) is 8.57. The molecule has 0 aromatic heterocycles. The van der Waals surface area contributed by atoms with Gasteiger partial charge in [0.1, 0.15) is 6.04 Å². The van der Waals surface area contributed by atoms with Gasteiger partial charge in [0.25, 0.3) is 5.91 Å². The van der Waals surface area contributed by atoms with Gasteiger partial charge in [0.05, 0.1) is 10.6 Å². The Labute approximate surface area is 184 Å². The van der Waals surface area contributed by atoms with E-state index in [1.165, 1.54) is 0 Å². The Kier molecular flexibility index (Phi) is 9.15. The first-order chi connectivity index (χ1) is 14.2. The molecule has 2 N–H and O–H groups in total. The van der Waals surface area contributed by atoms with Gasteiger partial charge in [0.15, 0.2) is 0 Å². The van der Waals surface area contributed by atoms with Crippen LogP contribution in [0.3, 0.4) is 0 Å². The summed E-state index contributed by atoms with van der Waals surface area (Å²) in [6.07, 6.45) is 2.68. The number of carbonyl (C=O) groups is 3. The minimum atomic E-state index is -0.662. The summed E-state index contributed by atoms with van der Waals surface area (Å²) in [5, 5.41) is 6.25. The lowest BCUT2D eigenvalue weighted by molar-refractivity contribution is -0.133. The maximum absolute atomic E-state index is 13.0. The number of halogens is 1. The molecule has 6 nitrogen and oxygen atoms in total. The van der Waals surface area contributed by atoms with E-state index in [4.69, 9.17) is 11.6 Å². The van der Waals surface area contributed by atoms with Crippen molar-refractivity contribution in [2.45, 2.75) is 65.5 Å². The van der Waals surface area contributed by atoms with E-state index in [-0.39, 0.29) is 29.7 Å². The zero-order valence-electron chi connectivity index (χ0n) is 18.4. The molecule has 1 aliphatic heterocycles. The van der Waals surface area contributed by atoms with Crippen LogP contribution in [0.15, 0.2) is 24.3 Å². The van der Waals surface area contributed by atoms with E-state index >= 15 is 0 Å². The number of benzene rings is 1. The number of hydrogen-bond acceptors (Lipinski definition) is 3. The number of nitrogens with zero attached hydrogens (tertiary/aromatic N) is 1. The van der Waals surface area contributed by atoms with Crippen LogP contribution in [0.2, 0.25) is 5.02 Å². The molecule has 0 aliphatic carbocycles. The van der Waals surface area contributed by atoms with Crippen molar-refractivity contribution in [2.24, 2.45) is 11.8 Å². The molecule has 1 aromatic rings. The molecule has 0 radical (unpaired) electrons. The summed E-state index contributed by atoms with van der Waals surface area (Å²) in [6.45, 7) is 9.21. The minimum absolute atomic E-state index is 0.0184. The molecule has 0 spiro atoms. The van der Waals surface area contributed by atoms with Crippen molar-refractivity contribution >= 4 is 29.3 Å². The van der Waals surface area contributed by atoms with E-state index in [0.29, 0.717) is 48.9 Å². The fraction of sp³-hybridized carbons (Fsp3) is 0.609. The van der Waals surface area contributed by atoms with Gasteiger partial charge in [-0.05, 0) is 50.2 Å². The SMILES string of the molecule is CC[C@H](C)NC(=O)[C@H](NC(=O)c1ccccc1Cl)C1CCN(C(=O)CC(C)C)CC1. The lowest BCUT2D eigenvalue weighted by atomic mass is 9.88. The zero-order valence-corrected chi connectivity index (χ0v) is 19.2.